The van der Waals surface area contributed by atoms with Gasteiger partial charge in [0.15, 0.2) is 0 Å². The Morgan fingerprint density at radius 2 is 2.04 bits per heavy atom. The van der Waals surface area contributed by atoms with Gasteiger partial charge in [-0.1, -0.05) is 12.8 Å². The van der Waals surface area contributed by atoms with Crippen molar-refractivity contribution in [2.75, 3.05) is 19.6 Å². The first-order chi connectivity index (χ1) is 11.0. The number of rotatable bonds is 4. The van der Waals surface area contributed by atoms with Crippen molar-refractivity contribution in [3.05, 3.63) is 0 Å². The summed E-state index contributed by atoms with van der Waals surface area (Å²) >= 11 is 0. The average Bonchev–Trinajstić information content (AvgIpc) is 3.11. The van der Waals surface area contributed by atoms with Crippen LogP contribution in [0.3, 0.4) is 0 Å². The van der Waals surface area contributed by atoms with Crippen LogP contribution in [-0.2, 0) is 9.59 Å². The van der Waals surface area contributed by atoms with E-state index in [0.29, 0.717) is 25.3 Å². The smallest absolute Gasteiger partial charge is 0.325 e. The number of hydrogen-bond acceptors (Lipinski definition) is 4. The minimum Gasteiger partial charge on any atom is -0.354 e. The number of nitrogens with zero attached hydrogens (tertiary/aromatic N) is 1. The summed E-state index contributed by atoms with van der Waals surface area (Å²) < 4.78 is 0. The Bertz CT molecular complexity index is 502. The number of urea groups is 1. The van der Waals surface area contributed by atoms with E-state index in [-0.39, 0.29) is 24.2 Å². The van der Waals surface area contributed by atoms with E-state index in [4.69, 9.17) is 0 Å². The number of piperidine rings is 1. The van der Waals surface area contributed by atoms with E-state index < -0.39 is 17.6 Å². The van der Waals surface area contributed by atoms with Crippen LogP contribution in [-0.4, -0.2) is 54.0 Å². The standard InChI is InChI=1S/C16H26N4O3.ClH/c1-11(13(21)18-10-12-5-4-8-17-9-12)20-14(22)16(19-15(20)23)6-2-3-7-16;/h11-12,17H,2-10H2,1H3,(H,18,21)(H,19,23);1H. The van der Waals surface area contributed by atoms with E-state index in [1.54, 1.807) is 6.92 Å². The molecule has 3 rings (SSSR count). The zero-order valence-electron chi connectivity index (χ0n) is 14.1. The molecule has 2 saturated heterocycles. The molecule has 0 radical (unpaired) electrons. The summed E-state index contributed by atoms with van der Waals surface area (Å²) in [5.41, 5.74) is -0.751. The highest BCUT2D eigenvalue weighted by Gasteiger charge is 2.54. The molecule has 1 aliphatic carbocycles. The first kappa shape index (κ1) is 19.0. The number of carbonyl (C=O) groups excluding carboxylic acids is 3. The third kappa shape index (κ3) is 3.52. The van der Waals surface area contributed by atoms with Crippen molar-refractivity contribution < 1.29 is 14.4 Å². The minimum atomic E-state index is -0.765. The SMILES string of the molecule is CC(C(=O)NCC1CCCNC1)N1C(=O)NC2(CCCC2)C1=O.Cl. The Kier molecular flexibility index (Phi) is 6.09. The van der Waals surface area contributed by atoms with Gasteiger partial charge in [0.25, 0.3) is 5.91 Å². The second kappa shape index (κ2) is 7.70. The molecule has 2 heterocycles. The van der Waals surface area contributed by atoms with Gasteiger partial charge in [0.1, 0.15) is 11.6 Å². The summed E-state index contributed by atoms with van der Waals surface area (Å²) in [4.78, 5) is 38.3. The molecule has 2 unspecified atom stereocenters. The van der Waals surface area contributed by atoms with Crippen LogP contribution in [0.25, 0.3) is 0 Å². The van der Waals surface area contributed by atoms with E-state index in [2.05, 4.69) is 16.0 Å². The van der Waals surface area contributed by atoms with Gasteiger partial charge in [-0.05, 0) is 51.6 Å². The molecule has 8 heteroatoms. The van der Waals surface area contributed by atoms with Gasteiger partial charge < -0.3 is 16.0 Å². The van der Waals surface area contributed by atoms with Gasteiger partial charge in [0.2, 0.25) is 5.91 Å². The van der Waals surface area contributed by atoms with Crippen molar-refractivity contribution >= 4 is 30.3 Å². The maximum atomic E-state index is 12.6. The van der Waals surface area contributed by atoms with Crippen LogP contribution in [0.15, 0.2) is 0 Å². The maximum Gasteiger partial charge on any atom is 0.325 e. The molecular weight excluding hydrogens is 332 g/mol. The molecule has 2 atom stereocenters. The van der Waals surface area contributed by atoms with Gasteiger partial charge in [-0.3, -0.25) is 9.59 Å². The topological polar surface area (TPSA) is 90.5 Å². The third-order valence-corrected chi connectivity index (χ3v) is 5.38. The number of carbonyl (C=O) groups is 3. The molecule has 3 fully saturated rings. The van der Waals surface area contributed by atoms with Crippen LogP contribution in [0.5, 0.6) is 0 Å². The lowest BCUT2D eigenvalue weighted by molar-refractivity contribution is -0.137. The molecule has 3 aliphatic rings. The molecule has 0 aromatic carbocycles. The minimum absolute atomic E-state index is 0. The van der Waals surface area contributed by atoms with Crippen molar-refractivity contribution in [1.29, 1.82) is 0 Å². The number of imide groups is 1. The number of hydrogen-bond donors (Lipinski definition) is 3. The van der Waals surface area contributed by atoms with Gasteiger partial charge in [-0.25, -0.2) is 9.69 Å². The summed E-state index contributed by atoms with van der Waals surface area (Å²) in [6.45, 7) is 4.15. The predicted octanol–water partition coefficient (Wildman–Crippen LogP) is 0.777. The van der Waals surface area contributed by atoms with Crippen LogP contribution in [0.1, 0.15) is 45.4 Å². The van der Waals surface area contributed by atoms with E-state index >= 15 is 0 Å². The van der Waals surface area contributed by atoms with E-state index in [1.807, 2.05) is 0 Å². The molecule has 1 spiro atoms. The Hall–Kier alpha value is -1.34. The quantitative estimate of drug-likeness (QED) is 0.648. The lowest BCUT2D eigenvalue weighted by atomic mass is 9.97. The molecular formula is C16H27ClN4O3. The van der Waals surface area contributed by atoms with Crippen molar-refractivity contribution in [3.63, 3.8) is 0 Å². The summed E-state index contributed by atoms with van der Waals surface area (Å²) in [6.07, 6.45) is 5.44. The van der Waals surface area contributed by atoms with E-state index in [0.717, 1.165) is 43.7 Å². The highest BCUT2D eigenvalue weighted by Crippen LogP contribution is 2.35. The second-order valence-electron chi connectivity index (χ2n) is 7.03. The van der Waals surface area contributed by atoms with Crippen molar-refractivity contribution in [3.8, 4) is 0 Å². The summed E-state index contributed by atoms with van der Waals surface area (Å²) in [5, 5.41) is 9.02. The van der Waals surface area contributed by atoms with E-state index in [1.165, 1.54) is 0 Å². The number of amides is 4. The first-order valence-corrected chi connectivity index (χ1v) is 8.68. The van der Waals surface area contributed by atoms with Crippen molar-refractivity contribution in [1.82, 2.24) is 20.9 Å². The molecule has 1 saturated carbocycles. The van der Waals surface area contributed by atoms with E-state index in [9.17, 15) is 14.4 Å². The molecule has 0 aromatic rings. The largest absolute Gasteiger partial charge is 0.354 e. The average molecular weight is 359 g/mol. The Balaban J connectivity index is 0.00000208. The predicted molar refractivity (Wildman–Crippen MR) is 91.9 cm³/mol. The van der Waals surface area contributed by atoms with Gasteiger partial charge in [0, 0.05) is 6.54 Å². The molecule has 2 aliphatic heterocycles. The van der Waals surface area contributed by atoms with Gasteiger partial charge >= 0.3 is 6.03 Å². The Morgan fingerprint density at radius 1 is 1.33 bits per heavy atom. The lowest BCUT2D eigenvalue weighted by Gasteiger charge is -2.26. The highest BCUT2D eigenvalue weighted by atomic mass is 35.5. The van der Waals surface area contributed by atoms with Crippen LogP contribution in [0, 0.1) is 5.92 Å². The van der Waals surface area contributed by atoms with Crippen molar-refractivity contribution in [2.45, 2.75) is 57.0 Å². The molecule has 0 aromatic heterocycles. The van der Waals surface area contributed by atoms with Crippen LogP contribution >= 0.6 is 12.4 Å². The van der Waals surface area contributed by atoms with Crippen LogP contribution < -0.4 is 16.0 Å². The zero-order chi connectivity index (χ0) is 16.4. The fourth-order valence-electron chi connectivity index (χ4n) is 3.92. The molecule has 24 heavy (non-hydrogen) atoms. The number of halogens is 1. The monoisotopic (exact) mass is 358 g/mol. The molecule has 4 amide bonds. The molecule has 0 bridgehead atoms. The second-order valence-corrected chi connectivity index (χ2v) is 7.03. The first-order valence-electron chi connectivity index (χ1n) is 8.68. The van der Waals surface area contributed by atoms with Gasteiger partial charge in [-0.2, -0.15) is 0 Å². The third-order valence-electron chi connectivity index (χ3n) is 5.38. The maximum absolute atomic E-state index is 12.6. The summed E-state index contributed by atoms with van der Waals surface area (Å²) in [7, 11) is 0. The zero-order valence-corrected chi connectivity index (χ0v) is 14.9. The number of nitrogens with one attached hydrogen (secondary N) is 3. The summed E-state index contributed by atoms with van der Waals surface area (Å²) in [5.74, 6) is -0.0692. The molecule has 3 N–H and O–H groups in total. The Labute approximate surface area is 148 Å². The van der Waals surface area contributed by atoms with Crippen LogP contribution in [0.2, 0.25) is 0 Å². The highest BCUT2D eigenvalue weighted by molar-refractivity contribution is 6.09. The van der Waals surface area contributed by atoms with Gasteiger partial charge in [-0.15, -0.1) is 12.4 Å². The lowest BCUT2D eigenvalue weighted by Crippen LogP contribution is -2.51. The molecule has 7 nitrogen and oxygen atoms in total. The Morgan fingerprint density at radius 3 is 2.67 bits per heavy atom. The fraction of sp³-hybridized carbons (Fsp3) is 0.812. The summed E-state index contributed by atoms with van der Waals surface area (Å²) in [6, 6.07) is -1.20. The fourth-order valence-corrected chi connectivity index (χ4v) is 3.92. The van der Waals surface area contributed by atoms with Gasteiger partial charge in [0.05, 0.1) is 0 Å². The van der Waals surface area contributed by atoms with Crippen molar-refractivity contribution in [2.24, 2.45) is 5.92 Å². The molecule has 136 valence electrons. The normalized spacial score (nSPS) is 26.9. The van der Waals surface area contributed by atoms with Crippen LogP contribution in [0.4, 0.5) is 4.79 Å².